The van der Waals surface area contributed by atoms with E-state index >= 15 is 0 Å². The van der Waals surface area contributed by atoms with Gasteiger partial charge in [-0.05, 0) is 63.5 Å². The molecule has 0 saturated heterocycles. The summed E-state index contributed by atoms with van der Waals surface area (Å²) in [5, 5.41) is 7.02. The molecule has 1 unspecified atom stereocenters. The first-order valence-corrected chi connectivity index (χ1v) is 12.0. The summed E-state index contributed by atoms with van der Waals surface area (Å²) in [6.07, 6.45) is 17.2. The van der Waals surface area contributed by atoms with Crippen LogP contribution in [0.25, 0.3) is 6.08 Å². The van der Waals surface area contributed by atoms with Crippen molar-refractivity contribution in [1.82, 2.24) is 15.2 Å². The van der Waals surface area contributed by atoms with Gasteiger partial charge in [0.2, 0.25) is 5.91 Å². The largest absolute Gasteiger partial charge is 0.465 e. The minimum absolute atomic E-state index is 0.0915. The molecule has 1 aliphatic rings. The smallest absolute Gasteiger partial charge is 0.246 e. The zero-order valence-electron chi connectivity index (χ0n) is 21.5. The fourth-order valence-corrected chi connectivity index (χ4v) is 3.49. The van der Waals surface area contributed by atoms with Crippen molar-refractivity contribution in [3.8, 4) is 0 Å². The molecule has 0 fully saturated rings. The van der Waals surface area contributed by atoms with E-state index in [4.69, 9.17) is 4.74 Å². The molecule has 184 valence electrons. The molecular weight excluding hydrogens is 424 g/mol. The number of hydrogen-bond donors (Lipinski definition) is 2. The van der Waals surface area contributed by atoms with Gasteiger partial charge >= 0.3 is 0 Å². The van der Waals surface area contributed by atoms with Crippen LogP contribution in [0.5, 0.6) is 0 Å². The lowest BCUT2D eigenvalue weighted by Crippen LogP contribution is -2.32. The van der Waals surface area contributed by atoms with Gasteiger partial charge in [0.25, 0.3) is 0 Å². The number of allylic oxidation sites excluding steroid dienone is 7. The minimum atomic E-state index is -0.0915. The van der Waals surface area contributed by atoms with Crippen LogP contribution in [0.15, 0.2) is 65.8 Å². The number of carbonyl (C=O) groups is 1. The van der Waals surface area contributed by atoms with Crippen molar-refractivity contribution in [2.75, 3.05) is 25.5 Å². The van der Waals surface area contributed by atoms with E-state index in [2.05, 4.69) is 28.6 Å². The summed E-state index contributed by atoms with van der Waals surface area (Å²) >= 11 is 0. The van der Waals surface area contributed by atoms with Gasteiger partial charge in [-0.2, -0.15) is 0 Å². The molecule has 0 aliphatic carbocycles. The van der Waals surface area contributed by atoms with Gasteiger partial charge in [0, 0.05) is 44.0 Å². The normalized spacial score (nSPS) is 16.4. The average Bonchev–Trinajstić information content (AvgIpc) is 3.02. The Labute approximate surface area is 205 Å². The summed E-state index contributed by atoms with van der Waals surface area (Å²) in [7, 11) is 1.78. The molecule has 1 atom stereocenters. The van der Waals surface area contributed by atoms with E-state index in [0.29, 0.717) is 12.6 Å². The van der Waals surface area contributed by atoms with E-state index in [9.17, 15) is 4.79 Å². The molecule has 0 saturated carbocycles. The van der Waals surface area contributed by atoms with E-state index in [-0.39, 0.29) is 5.91 Å². The molecule has 1 aromatic rings. The number of aromatic nitrogens is 1. The summed E-state index contributed by atoms with van der Waals surface area (Å²) in [6.45, 7) is 12.1. The second-order valence-electron chi connectivity index (χ2n) is 8.76. The maximum absolute atomic E-state index is 12.7. The standard InChI is InChI=1S/C28H40N4O2/c1-7-9-10-11-13-22(5)34-26(21(3)4)20-32(6)27(33)15-14-23-16-24-18-29-25(12-8-2)19-31-28(24)30-17-23/h7,9-11,13-17,25,29H,8,12,18-20H2,1-6H3,(H,30,31)/b9-7-,11-10-,15-14+,22-13+. The Morgan fingerprint density at radius 2 is 2.06 bits per heavy atom. The van der Waals surface area contributed by atoms with Gasteiger partial charge in [-0.1, -0.05) is 37.6 Å². The molecule has 0 radical (unpaired) electrons. The van der Waals surface area contributed by atoms with Crippen molar-refractivity contribution >= 4 is 17.8 Å². The summed E-state index contributed by atoms with van der Waals surface area (Å²) in [5.74, 6) is 2.36. The predicted octanol–water partition coefficient (Wildman–Crippen LogP) is 5.58. The number of carbonyl (C=O) groups excluding carboxylic acids is 1. The molecule has 1 aliphatic heterocycles. The van der Waals surface area contributed by atoms with Crippen LogP contribution in [0.3, 0.4) is 0 Å². The van der Waals surface area contributed by atoms with Crippen molar-refractivity contribution in [3.63, 3.8) is 0 Å². The quantitative estimate of drug-likeness (QED) is 0.269. The minimum Gasteiger partial charge on any atom is -0.465 e. The molecule has 0 aromatic carbocycles. The van der Waals surface area contributed by atoms with Gasteiger partial charge in [0.1, 0.15) is 17.3 Å². The van der Waals surface area contributed by atoms with Crippen LogP contribution < -0.4 is 10.6 Å². The number of fused-ring (bicyclic) bond motifs is 1. The molecule has 6 nitrogen and oxygen atoms in total. The summed E-state index contributed by atoms with van der Waals surface area (Å²) in [5.41, 5.74) is 3.06. The second kappa shape index (κ2) is 14.2. The van der Waals surface area contributed by atoms with Gasteiger partial charge in [-0.3, -0.25) is 4.79 Å². The number of hydrogen-bond acceptors (Lipinski definition) is 5. The lowest BCUT2D eigenvalue weighted by molar-refractivity contribution is -0.124. The molecule has 1 aromatic heterocycles. The molecule has 2 N–H and O–H groups in total. The van der Waals surface area contributed by atoms with Gasteiger partial charge in [0.05, 0.1) is 6.54 Å². The highest BCUT2D eigenvalue weighted by molar-refractivity contribution is 5.91. The van der Waals surface area contributed by atoms with E-state index in [1.165, 1.54) is 0 Å². The van der Waals surface area contributed by atoms with E-state index in [0.717, 1.165) is 60.0 Å². The molecular formula is C28H40N4O2. The Kier molecular flexibility index (Phi) is 11.3. The molecule has 2 heterocycles. The van der Waals surface area contributed by atoms with Crippen LogP contribution in [0.4, 0.5) is 5.82 Å². The maximum Gasteiger partial charge on any atom is 0.246 e. The zero-order valence-corrected chi connectivity index (χ0v) is 21.5. The third-order valence-corrected chi connectivity index (χ3v) is 5.48. The fourth-order valence-electron chi connectivity index (χ4n) is 3.49. The van der Waals surface area contributed by atoms with Crippen molar-refractivity contribution in [2.24, 2.45) is 0 Å². The van der Waals surface area contributed by atoms with Crippen LogP contribution in [0.1, 0.15) is 58.6 Å². The summed E-state index contributed by atoms with van der Waals surface area (Å²) < 4.78 is 6.00. The van der Waals surface area contributed by atoms with E-state index in [1.54, 1.807) is 24.2 Å². The Morgan fingerprint density at radius 3 is 2.76 bits per heavy atom. The highest BCUT2D eigenvalue weighted by Gasteiger charge is 2.15. The Balaban J connectivity index is 1.99. The molecule has 34 heavy (non-hydrogen) atoms. The lowest BCUT2D eigenvalue weighted by Gasteiger charge is -2.19. The number of anilines is 1. The molecule has 0 spiro atoms. The van der Waals surface area contributed by atoms with Crippen LogP contribution >= 0.6 is 0 Å². The van der Waals surface area contributed by atoms with Crippen molar-refractivity contribution < 1.29 is 9.53 Å². The van der Waals surface area contributed by atoms with E-state index in [1.807, 2.05) is 64.2 Å². The van der Waals surface area contributed by atoms with Gasteiger partial charge in [0.15, 0.2) is 0 Å². The lowest BCUT2D eigenvalue weighted by atomic mass is 10.1. The highest BCUT2D eigenvalue weighted by atomic mass is 16.5. The number of nitrogens with zero attached hydrogens (tertiary/aromatic N) is 2. The molecule has 0 bridgehead atoms. The van der Waals surface area contributed by atoms with E-state index < -0.39 is 0 Å². The monoisotopic (exact) mass is 464 g/mol. The average molecular weight is 465 g/mol. The number of ether oxygens (including phenoxy) is 1. The Bertz CT molecular complexity index is 969. The van der Waals surface area contributed by atoms with Gasteiger partial charge in [-0.15, -0.1) is 0 Å². The fraction of sp³-hybridized carbons (Fsp3) is 0.429. The SMILES string of the molecule is C\C=C/C=C\C=C(/C)OC(CN(C)C(=O)/C=C/c1cnc2c(c1)CNC(CCC)CN2)=C(C)C. The number of rotatable bonds is 10. The van der Waals surface area contributed by atoms with Crippen molar-refractivity contribution in [1.29, 1.82) is 0 Å². The van der Waals surface area contributed by atoms with Crippen LogP contribution in [0.2, 0.25) is 0 Å². The third kappa shape index (κ3) is 9.02. The number of nitrogens with one attached hydrogen (secondary N) is 2. The summed E-state index contributed by atoms with van der Waals surface area (Å²) in [6, 6.07) is 2.53. The predicted molar refractivity (Wildman–Crippen MR) is 142 cm³/mol. The Morgan fingerprint density at radius 1 is 1.26 bits per heavy atom. The van der Waals surface area contributed by atoms with Crippen molar-refractivity contribution in [3.05, 3.63) is 76.9 Å². The maximum atomic E-state index is 12.7. The number of amides is 1. The first-order chi connectivity index (χ1) is 16.3. The van der Waals surface area contributed by atoms with Crippen LogP contribution in [-0.2, 0) is 16.1 Å². The van der Waals surface area contributed by atoms with Gasteiger partial charge in [-0.25, -0.2) is 4.98 Å². The first-order valence-electron chi connectivity index (χ1n) is 12.0. The first kappa shape index (κ1) is 27.1. The topological polar surface area (TPSA) is 66.5 Å². The zero-order chi connectivity index (χ0) is 24.9. The van der Waals surface area contributed by atoms with Crippen molar-refractivity contribution in [2.45, 2.75) is 60.0 Å². The molecule has 6 heteroatoms. The van der Waals surface area contributed by atoms with Crippen LogP contribution in [0, 0.1) is 0 Å². The molecule has 2 rings (SSSR count). The van der Waals surface area contributed by atoms with Gasteiger partial charge < -0.3 is 20.3 Å². The van der Waals surface area contributed by atoms with Crippen LogP contribution in [-0.4, -0.2) is 42.0 Å². The highest BCUT2D eigenvalue weighted by Crippen LogP contribution is 2.19. The molecule has 1 amide bonds. The third-order valence-electron chi connectivity index (χ3n) is 5.48. The summed E-state index contributed by atoms with van der Waals surface area (Å²) in [4.78, 5) is 19.0. The number of likely N-dealkylation sites (N-methyl/N-ethyl adjacent to an activating group) is 1. The second-order valence-corrected chi connectivity index (χ2v) is 8.76. The number of pyridine rings is 1. The Hall–Kier alpha value is -3.12.